The first-order chi connectivity index (χ1) is 11.0. The molecule has 0 unspecified atom stereocenters. The van der Waals surface area contributed by atoms with Gasteiger partial charge >= 0.3 is 0 Å². The predicted octanol–water partition coefficient (Wildman–Crippen LogP) is 1.90. The molecule has 2 aromatic rings. The van der Waals surface area contributed by atoms with Gasteiger partial charge in [-0.2, -0.15) is 15.0 Å². The summed E-state index contributed by atoms with van der Waals surface area (Å²) in [7, 11) is 1.60. The summed E-state index contributed by atoms with van der Waals surface area (Å²) in [4.78, 5) is 12.0. The Morgan fingerprint density at radius 1 is 1.22 bits per heavy atom. The number of nitrogens with zero attached hydrogens (tertiary/aromatic N) is 4. The lowest BCUT2D eigenvalue weighted by atomic mass is 10.2. The maximum absolute atomic E-state index is 9.92. The molecule has 0 bridgehead atoms. The van der Waals surface area contributed by atoms with Gasteiger partial charge in [0.15, 0.2) is 0 Å². The monoisotopic (exact) mass is 320 g/mol. The maximum atomic E-state index is 9.92. The molecule has 0 amide bonds. The highest BCUT2D eigenvalue weighted by Gasteiger charge is 2.14. The second-order valence-corrected chi connectivity index (χ2v) is 5.04. The molecule has 0 aliphatic carbocycles. The van der Waals surface area contributed by atoms with Crippen LogP contribution in [0, 0.1) is 0 Å². The van der Waals surface area contributed by atoms with Crippen LogP contribution in [0.2, 0.25) is 0 Å². The molecule has 9 nitrogen and oxygen atoms in total. The van der Waals surface area contributed by atoms with Crippen LogP contribution in [0.25, 0.3) is 0 Å². The van der Waals surface area contributed by atoms with Crippen LogP contribution in [0.3, 0.4) is 0 Å². The molecular formula is C14H20N6O3. The summed E-state index contributed by atoms with van der Waals surface area (Å²) in [6, 6.07) is 7.31. The fourth-order valence-corrected chi connectivity index (χ4v) is 1.79. The molecule has 0 saturated carbocycles. The van der Waals surface area contributed by atoms with Crippen LogP contribution in [-0.4, -0.2) is 38.5 Å². The molecule has 0 radical (unpaired) electrons. The van der Waals surface area contributed by atoms with E-state index in [2.05, 4.69) is 20.3 Å². The van der Waals surface area contributed by atoms with Crippen LogP contribution in [0.5, 0.6) is 5.75 Å². The molecule has 0 saturated heterocycles. The van der Waals surface area contributed by atoms with Gasteiger partial charge in [0, 0.05) is 6.54 Å². The second kappa shape index (κ2) is 7.56. The van der Waals surface area contributed by atoms with E-state index < -0.39 is 0 Å². The van der Waals surface area contributed by atoms with E-state index in [0.29, 0.717) is 6.54 Å². The minimum absolute atomic E-state index is 0.0275. The highest BCUT2D eigenvalue weighted by Crippen LogP contribution is 2.16. The molecule has 1 heterocycles. The molecule has 0 aliphatic rings. The Kier molecular flexibility index (Phi) is 5.50. The van der Waals surface area contributed by atoms with E-state index >= 15 is 0 Å². The Morgan fingerprint density at radius 2 is 1.96 bits per heavy atom. The number of nitrogens with one attached hydrogen (secondary N) is 2. The van der Waals surface area contributed by atoms with E-state index in [9.17, 15) is 5.21 Å². The third kappa shape index (κ3) is 4.41. The zero-order valence-electron chi connectivity index (χ0n) is 13.2. The number of hydrogen-bond donors (Lipinski definition) is 4. The SMILES string of the molecule is COc1cccc(CNc2nc(NO)nc(N(O)C(C)C)n2)c1. The van der Waals surface area contributed by atoms with Crippen LogP contribution in [0.15, 0.2) is 24.3 Å². The van der Waals surface area contributed by atoms with Crippen molar-refractivity contribution in [1.82, 2.24) is 15.0 Å². The average molecular weight is 320 g/mol. The number of anilines is 3. The molecule has 0 spiro atoms. The Bertz CT molecular complexity index is 652. The van der Waals surface area contributed by atoms with Crippen molar-refractivity contribution in [3.63, 3.8) is 0 Å². The minimum atomic E-state index is -0.227. The zero-order valence-corrected chi connectivity index (χ0v) is 13.2. The molecule has 4 N–H and O–H groups in total. The number of hydroxylamine groups is 1. The van der Waals surface area contributed by atoms with Crippen LogP contribution >= 0.6 is 0 Å². The molecular weight excluding hydrogens is 300 g/mol. The molecule has 2 rings (SSSR count). The van der Waals surface area contributed by atoms with Gasteiger partial charge < -0.3 is 10.1 Å². The van der Waals surface area contributed by atoms with E-state index in [1.807, 2.05) is 29.7 Å². The second-order valence-electron chi connectivity index (χ2n) is 5.04. The fourth-order valence-electron chi connectivity index (χ4n) is 1.79. The Labute approximate surface area is 133 Å². The summed E-state index contributed by atoms with van der Waals surface area (Å²) in [5.74, 6) is 0.927. The van der Waals surface area contributed by atoms with E-state index in [1.165, 1.54) is 0 Å². The van der Waals surface area contributed by atoms with Crippen molar-refractivity contribution >= 4 is 17.8 Å². The number of methoxy groups -OCH3 is 1. The quantitative estimate of drug-likeness (QED) is 0.567. The van der Waals surface area contributed by atoms with Gasteiger partial charge in [-0.25, -0.2) is 10.5 Å². The van der Waals surface area contributed by atoms with Gasteiger partial charge in [-0.1, -0.05) is 12.1 Å². The van der Waals surface area contributed by atoms with Gasteiger partial charge in [-0.15, -0.1) is 0 Å². The highest BCUT2D eigenvalue weighted by molar-refractivity contribution is 5.42. The smallest absolute Gasteiger partial charge is 0.256 e. The normalized spacial score (nSPS) is 10.5. The van der Waals surface area contributed by atoms with Crippen molar-refractivity contribution < 1.29 is 15.2 Å². The van der Waals surface area contributed by atoms with Crippen molar-refractivity contribution in [1.29, 1.82) is 0 Å². The molecule has 124 valence electrons. The van der Waals surface area contributed by atoms with Crippen molar-refractivity contribution in [3.05, 3.63) is 29.8 Å². The minimum Gasteiger partial charge on any atom is -0.497 e. The molecule has 9 heteroatoms. The van der Waals surface area contributed by atoms with Gasteiger partial charge in [0.1, 0.15) is 5.75 Å². The van der Waals surface area contributed by atoms with Gasteiger partial charge in [0.25, 0.3) is 11.9 Å². The van der Waals surface area contributed by atoms with Crippen molar-refractivity contribution in [2.75, 3.05) is 23.0 Å². The summed E-state index contributed by atoms with van der Waals surface area (Å²) < 4.78 is 5.17. The number of hydrogen-bond acceptors (Lipinski definition) is 9. The first kappa shape index (κ1) is 16.7. The predicted molar refractivity (Wildman–Crippen MR) is 85.0 cm³/mol. The standard InChI is InChI=1S/C14H20N6O3/c1-9(2)20(22)14-17-12(16-13(18-14)19-21)15-8-10-5-4-6-11(7-10)23-3/h4-7,9,21-22H,8H2,1-3H3,(H2,15,16,17,18,19). The topological polar surface area (TPSA) is 116 Å². The number of ether oxygens (including phenoxy) is 1. The average Bonchev–Trinajstić information content (AvgIpc) is 2.59. The first-order valence-corrected chi connectivity index (χ1v) is 7.04. The lowest BCUT2D eigenvalue weighted by Crippen LogP contribution is -2.29. The molecule has 1 aromatic heterocycles. The Morgan fingerprint density at radius 3 is 2.61 bits per heavy atom. The van der Waals surface area contributed by atoms with E-state index in [-0.39, 0.29) is 23.9 Å². The van der Waals surface area contributed by atoms with Gasteiger partial charge in [0.05, 0.1) is 13.2 Å². The third-order valence-corrected chi connectivity index (χ3v) is 3.00. The molecule has 0 aliphatic heterocycles. The van der Waals surface area contributed by atoms with Crippen molar-refractivity contribution in [2.45, 2.75) is 26.4 Å². The largest absolute Gasteiger partial charge is 0.497 e. The molecule has 0 atom stereocenters. The molecule has 0 fully saturated rings. The van der Waals surface area contributed by atoms with E-state index in [0.717, 1.165) is 16.4 Å². The van der Waals surface area contributed by atoms with Crippen LogP contribution in [-0.2, 0) is 6.54 Å². The summed E-state index contributed by atoms with van der Waals surface area (Å²) >= 11 is 0. The Hall–Kier alpha value is -2.65. The number of rotatable bonds is 7. The number of benzene rings is 1. The van der Waals surface area contributed by atoms with Crippen molar-refractivity contribution in [3.8, 4) is 5.75 Å². The van der Waals surface area contributed by atoms with Gasteiger partial charge in [-0.3, -0.25) is 10.4 Å². The molecule has 1 aromatic carbocycles. The maximum Gasteiger partial charge on any atom is 0.256 e. The van der Waals surface area contributed by atoms with E-state index in [4.69, 9.17) is 9.94 Å². The Balaban J connectivity index is 2.16. The summed E-state index contributed by atoms with van der Waals surface area (Å²) in [6.45, 7) is 4.00. The summed E-state index contributed by atoms with van der Waals surface area (Å²) in [5, 5.41) is 22.8. The zero-order chi connectivity index (χ0) is 16.8. The summed E-state index contributed by atoms with van der Waals surface area (Å²) in [6.07, 6.45) is 0. The van der Waals surface area contributed by atoms with Crippen molar-refractivity contribution in [2.24, 2.45) is 0 Å². The van der Waals surface area contributed by atoms with E-state index in [1.54, 1.807) is 21.0 Å². The number of aromatic nitrogens is 3. The van der Waals surface area contributed by atoms with Gasteiger partial charge in [-0.05, 0) is 31.5 Å². The lowest BCUT2D eigenvalue weighted by Gasteiger charge is -2.19. The third-order valence-electron chi connectivity index (χ3n) is 3.00. The van der Waals surface area contributed by atoms with Crippen LogP contribution in [0.4, 0.5) is 17.8 Å². The lowest BCUT2D eigenvalue weighted by molar-refractivity contribution is 0.222. The van der Waals surface area contributed by atoms with Crippen LogP contribution in [0.1, 0.15) is 19.4 Å². The fraction of sp³-hybridized carbons (Fsp3) is 0.357. The highest BCUT2D eigenvalue weighted by atomic mass is 16.5. The first-order valence-electron chi connectivity index (χ1n) is 7.04. The van der Waals surface area contributed by atoms with Gasteiger partial charge in [0.2, 0.25) is 5.95 Å². The summed E-state index contributed by atoms with van der Waals surface area (Å²) in [5.41, 5.74) is 2.83. The molecule has 23 heavy (non-hydrogen) atoms. The van der Waals surface area contributed by atoms with Crippen LogP contribution < -0.4 is 20.6 Å².